The van der Waals surface area contributed by atoms with E-state index in [0.717, 1.165) is 38.0 Å². The van der Waals surface area contributed by atoms with E-state index in [-0.39, 0.29) is 10.7 Å². The lowest BCUT2D eigenvalue weighted by atomic mass is 10.1. The molecule has 0 aromatic heterocycles. The molecule has 5 nitrogen and oxygen atoms in total. The summed E-state index contributed by atoms with van der Waals surface area (Å²) in [7, 11) is -2.53. The summed E-state index contributed by atoms with van der Waals surface area (Å²) >= 11 is 0. The number of amidine groups is 1. The van der Waals surface area contributed by atoms with Crippen LogP contribution in [0.4, 0.5) is 5.69 Å². The van der Waals surface area contributed by atoms with Gasteiger partial charge in [-0.05, 0) is 71.7 Å². The van der Waals surface area contributed by atoms with E-state index < -0.39 is 16.9 Å². The van der Waals surface area contributed by atoms with Gasteiger partial charge in [0, 0.05) is 11.0 Å². The third-order valence-electron chi connectivity index (χ3n) is 7.92. The van der Waals surface area contributed by atoms with E-state index in [1.54, 1.807) is 37.4 Å². The van der Waals surface area contributed by atoms with Crippen LogP contribution in [0.2, 0.25) is 0 Å². The van der Waals surface area contributed by atoms with Gasteiger partial charge in [-0.3, -0.25) is 0 Å². The monoisotopic (exact) mass is 654 g/mol. The Morgan fingerprint density at radius 3 is 1.49 bits per heavy atom. The summed E-state index contributed by atoms with van der Waals surface area (Å²) in [4.78, 5) is 0.111. The first-order chi connectivity index (χ1) is 22.9. The van der Waals surface area contributed by atoms with Crippen LogP contribution in [0.5, 0.6) is 5.75 Å². The predicted molar refractivity (Wildman–Crippen MR) is 198 cm³/mol. The maximum absolute atomic E-state index is 14.2. The summed E-state index contributed by atoms with van der Waals surface area (Å²) in [5.41, 5.74) is 2.62. The average molecular weight is 655 g/mol. The second-order valence-electron chi connectivity index (χ2n) is 11.0. The molecular weight excluding hydrogens is 619 g/mol. The van der Waals surface area contributed by atoms with E-state index in [4.69, 9.17) is 9.13 Å². The molecule has 6 rings (SSSR count). The standard InChI is InChI=1S/C40H35N2O3PS/c1-31-23-27-33(28-24-31)41-40(42-47(43,44)38-21-13-6-14-22-38)39(32-25-29-34(45-2)30-26-32)46(35-15-7-3-8-16-35,36-17-9-4-10-18-36)37-19-11-5-12-20-37/h3-30H,1-2H3,(H,41,42). The molecule has 0 saturated heterocycles. The zero-order chi connectivity index (χ0) is 32.7. The molecule has 1 N–H and O–H groups in total. The first-order valence-corrected chi connectivity index (χ1v) is 18.5. The van der Waals surface area contributed by atoms with E-state index >= 15 is 0 Å². The molecule has 0 saturated carbocycles. The Morgan fingerprint density at radius 1 is 0.596 bits per heavy atom. The Hall–Kier alpha value is -5.16. The van der Waals surface area contributed by atoms with Crippen molar-refractivity contribution in [1.29, 1.82) is 0 Å². The van der Waals surface area contributed by atoms with Gasteiger partial charge >= 0.3 is 0 Å². The normalized spacial score (nSPS) is 11.9. The molecule has 234 valence electrons. The summed E-state index contributed by atoms with van der Waals surface area (Å²) in [5, 5.41) is 7.43. The molecule has 0 heterocycles. The van der Waals surface area contributed by atoms with Crippen molar-refractivity contribution in [2.45, 2.75) is 11.8 Å². The van der Waals surface area contributed by atoms with E-state index in [0.29, 0.717) is 5.75 Å². The topological polar surface area (TPSA) is 67.8 Å². The van der Waals surface area contributed by atoms with E-state index in [9.17, 15) is 8.42 Å². The number of hydrogen-bond donors (Lipinski definition) is 1. The van der Waals surface area contributed by atoms with Crippen molar-refractivity contribution in [3.05, 3.63) is 181 Å². The van der Waals surface area contributed by atoms with Crippen molar-refractivity contribution in [2.75, 3.05) is 12.4 Å². The van der Waals surface area contributed by atoms with E-state index in [2.05, 4.69) is 41.7 Å². The van der Waals surface area contributed by atoms with Crippen molar-refractivity contribution >= 4 is 49.6 Å². The predicted octanol–water partition coefficient (Wildman–Crippen LogP) is 7.42. The SMILES string of the molecule is COc1ccc(C(/C(=N/S(=O)(=O)c2ccccc2)Nc2ccc(C)cc2)=P(c2ccccc2)(c2ccccc2)c2ccccc2)cc1. The van der Waals surface area contributed by atoms with Crippen LogP contribution in [0, 0.1) is 6.92 Å². The number of ether oxygens (including phenoxy) is 1. The number of sulfonamides is 1. The maximum Gasteiger partial charge on any atom is 0.284 e. The Balaban J connectivity index is 1.86. The van der Waals surface area contributed by atoms with Gasteiger partial charge in [-0.25, -0.2) is 0 Å². The molecule has 0 spiro atoms. The molecule has 0 bridgehead atoms. The van der Waals surface area contributed by atoms with Gasteiger partial charge in [0.1, 0.15) is 5.75 Å². The largest absolute Gasteiger partial charge is 0.497 e. The van der Waals surface area contributed by atoms with Crippen molar-refractivity contribution in [2.24, 2.45) is 4.40 Å². The zero-order valence-electron chi connectivity index (χ0n) is 26.2. The van der Waals surface area contributed by atoms with Crippen LogP contribution in [-0.4, -0.2) is 26.7 Å². The molecule has 0 aliphatic rings. The van der Waals surface area contributed by atoms with E-state index in [1.807, 2.05) is 110 Å². The van der Waals surface area contributed by atoms with Gasteiger partial charge in [0.2, 0.25) is 0 Å². The van der Waals surface area contributed by atoms with Gasteiger partial charge in [-0.15, -0.1) is 4.40 Å². The fraction of sp³-hybridized carbons (Fsp3) is 0.0500. The van der Waals surface area contributed by atoms with Crippen LogP contribution in [-0.2, 0) is 10.0 Å². The quantitative estimate of drug-likeness (QED) is 0.100. The highest BCUT2D eigenvalue weighted by molar-refractivity contribution is 7.97. The van der Waals surface area contributed by atoms with Gasteiger partial charge in [0.05, 0.1) is 12.0 Å². The molecule has 0 amide bonds. The fourth-order valence-corrected chi connectivity index (χ4v) is 11.2. The molecular formula is C40H35N2O3PS. The minimum Gasteiger partial charge on any atom is -0.497 e. The molecule has 6 aromatic carbocycles. The summed E-state index contributed by atoms with van der Waals surface area (Å²) in [6, 6.07) is 55.0. The molecule has 0 fully saturated rings. The fourth-order valence-electron chi connectivity index (χ4n) is 5.69. The number of nitrogens with one attached hydrogen (secondary N) is 1. The van der Waals surface area contributed by atoms with Crippen LogP contribution in [0.25, 0.3) is 0 Å². The molecule has 0 radical (unpaired) electrons. The number of anilines is 1. The first-order valence-electron chi connectivity index (χ1n) is 15.2. The van der Waals surface area contributed by atoms with Crippen LogP contribution in [0.3, 0.4) is 0 Å². The Morgan fingerprint density at radius 2 is 1.04 bits per heavy atom. The lowest BCUT2D eigenvalue weighted by Crippen LogP contribution is -2.37. The highest BCUT2D eigenvalue weighted by Gasteiger charge is 2.34. The van der Waals surface area contributed by atoms with Crippen molar-refractivity contribution in [1.82, 2.24) is 0 Å². The van der Waals surface area contributed by atoms with Gasteiger partial charge in [0.15, 0.2) is 5.84 Å². The second kappa shape index (κ2) is 14.1. The lowest BCUT2D eigenvalue weighted by Gasteiger charge is -2.34. The smallest absolute Gasteiger partial charge is 0.284 e. The summed E-state index contributed by atoms with van der Waals surface area (Å²) in [5.74, 6) is 0.936. The Bertz CT molecular complexity index is 2030. The molecule has 0 unspecified atom stereocenters. The number of hydrogen-bond acceptors (Lipinski definition) is 3. The molecule has 0 aliphatic carbocycles. The molecule has 6 aromatic rings. The molecule has 47 heavy (non-hydrogen) atoms. The minimum atomic E-state index is -4.16. The van der Waals surface area contributed by atoms with Crippen molar-refractivity contribution in [3.8, 4) is 5.75 Å². The molecule has 0 atom stereocenters. The van der Waals surface area contributed by atoms with Crippen molar-refractivity contribution < 1.29 is 13.2 Å². The third-order valence-corrected chi connectivity index (χ3v) is 13.6. The second-order valence-corrected chi connectivity index (χ2v) is 15.9. The number of aryl methyl sites for hydroxylation is 1. The number of benzene rings is 6. The first kappa shape index (κ1) is 31.8. The van der Waals surface area contributed by atoms with E-state index in [1.165, 1.54) is 0 Å². The van der Waals surface area contributed by atoms with Gasteiger partial charge in [-0.1, -0.05) is 139 Å². The number of rotatable bonds is 9. The minimum absolute atomic E-state index is 0.111. The average Bonchev–Trinajstić information content (AvgIpc) is 3.13. The summed E-state index contributed by atoms with van der Waals surface area (Å²) in [6.45, 7) is -0.853. The van der Waals surface area contributed by atoms with Gasteiger partial charge in [-0.2, -0.15) is 8.42 Å². The summed E-state index contributed by atoms with van der Waals surface area (Å²) in [6.07, 6.45) is 0. The number of nitrogens with zero attached hydrogens (tertiary/aromatic N) is 1. The highest BCUT2D eigenvalue weighted by atomic mass is 32.2. The maximum atomic E-state index is 14.2. The number of methoxy groups -OCH3 is 1. The molecule has 0 aliphatic heterocycles. The molecule has 7 heteroatoms. The Kier molecular flexibility index (Phi) is 9.53. The third kappa shape index (κ3) is 6.71. The summed E-state index contributed by atoms with van der Waals surface area (Å²) < 4.78 is 38.7. The lowest BCUT2D eigenvalue weighted by molar-refractivity contribution is 0.415. The van der Waals surface area contributed by atoms with Crippen LogP contribution in [0.1, 0.15) is 11.1 Å². The Labute approximate surface area is 277 Å². The van der Waals surface area contributed by atoms with Crippen LogP contribution in [0.15, 0.2) is 179 Å². The van der Waals surface area contributed by atoms with Crippen LogP contribution >= 0.6 is 6.89 Å². The highest BCUT2D eigenvalue weighted by Crippen LogP contribution is 2.48. The van der Waals surface area contributed by atoms with Crippen LogP contribution < -0.4 is 26.0 Å². The van der Waals surface area contributed by atoms with Gasteiger partial charge in [0.25, 0.3) is 10.0 Å². The van der Waals surface area contributed by atoms with Gasteiger partial charge < -0.3 is 10.1 Å². The zero-order valence-corrected chi connectivity index (χ0v) is 27.9. The van der Waals surface area contributed by atoms with Crippen molar-refractivity contribution in [3.63, 3.8) is 0 Å².